The van der Waals surface area contributed by atoms with Gasteiger partial charge in [-0.05, 0) is 43.3 Å². The highest BCUT2D eigenvalue weighted by Gasteiger charge is 2.13. The Bertz CT molecular complexity index is 671. The number of para-hydroxylation sites is 1. The lowest BCUT2D eigenvalue weighted by Crippen LogP contribution is -2.33. The summed E-state index contributed by atoms with van der Waals surface area (Å²) < 4.78 is 6.44. The number of aromatic hydroxyl groups is 1. The Labute approximate surface area is 136 Å². The number of halogens is 1. The summed E-state index contributed by atoms with van der Waals surface area (Å²) >= 11 is 3.33. The third-order valence-electron chi connectivity index (χ3n) is 2.81. The van der Waals surface area contributed by atoms with Crippen molar-refractivity contribution in [3.05, 3.63) is 58.6 Å². The zero-order valence-electron chi connectivity index (χ0n) is 11.9. The average molecular weight is 363 g/mol. The number of rotatable bonds is 5. The second-order valence-corrected chi connectivity index (χ2v) is 5.42. The van der Waals surface area contributed by atoms with E-state index in [1.165, 1.54) is 6.21 Å². The van der Waals surface area contributed by atoms with E-state index < -0.39 is 6.10 Å². The molecule has 0 aliphatic rings. The number of carbonyl (C=O) groups is 1. The first-order valence-corrected chi connectivity index (χ1v) is 7.38. The van der Waals surface area contributed by atoms with Gasteiger partial charge in [0.05, 0.1) is 6.21 Å². The van der Waals surface area contributed by atoms with E-state index in [1.807, 2.05) is 12.1 Å². The van der Waals surface area contributed by atoms with Crippen LogP contribution in [-0.4, -0.2) is 23.3 Å². The molecular formula is C16H15BrN2O3. The zero-order valence-corrected chi connectivity index (χ0v) is 13.4. The van der Waals surface area contributed by atoms with Gasteiger partial charge in [-0.3, -0.25) is 4.79 Å². The van der Waals surface area contributed by atoms with Crippen LogP contribution in [0.4, 0.5) is 0 Å². The fourth-order valence-corrected chi connectivity index (χ4v) is 1.89. The monoisotopic (exact) mass is 362 g/mol. The van der Waals surface area contributed by atoms with Crippen LogP contribution in [0.3, 0.4) is 0 Å². The summed E-state index contributed by atoms with van der Waals surface area (Å²) in [5.74, 6) is 0.310. The Hall–Kier alpha value is -2.34. The molecule has 0 saturated heterocycles. The van der Waals surface area contributed by atoms with Crippen LogP contribution in [0.5, 0.6) is 11.5 Å². The lowest BCUT2D eigenvalue weighted by atomic mass is 10.2. The van der Waals surface area contributed by atoms with Crippen LogP contribution in [0.25, 0.3) is 0 Å². The first-order valence-electron chi connectivity index (χ1n) is 6.59. The van der Waals surface area contributed by atoms with Crippen LogP contribution in [0.1, 0.15) is 12.5 Å². The molecule has 0 radical (unpaired) electrons. The number of ether oxygens (including phenoxy) is 1. The SMILES string of the molecule is CC(Oc1ccc(Br)cc1)C(=O)NN=Cc1ccccc1O. The standard InChI is InChI=1S/C16H15BrN2O3/c1-11(22-14-8-6-13(17)7-9-14)16(21)19-18-10-12-4-2-3-5-15(12)20/h2-11,20H,1H3,(H,19,21). The van der Waals surface area contributed by atoms with Crippen molar-refractivity contribution in [3.8, 4) is 11.5 Å². The minimum absolute atomic E-state index is 0.0969. The van der Waals surface area contributed by atoms with E-state index in [0.717, 1.165) is 4.47 Å². The Morgan fingerprint density at radius 1 is 1.27 bits per heavy atom. The first-order chi connectivity index (χ1) is 10.6. The Balaban J connectivity index is 1.89. The number of nitrogens with zero attached hydrogens (tertiary/aromatic N) is 1. The molecule has 0 saturated carbocycles. The molecule has 2 aromatic rings. The molecule has 2 rings (SSSR count). The molecule has 0 aliphatic carbocycles. The fraction of sp³-hybridized carbons (Fsp3) is 0.125. The molecule has 1 atom stereocenters. The first kappa shape index (κ1) is 16.0. The van der Waals surface area contributed by atoms with Crippen LogP contribution < -0.4 is 10.2 Å². The third kappa shape index (κ3) is 4.60. The zero-order chi connectivity index (χ0) is 15.9. The molecule has 0 bridgehead atoms. The molecule has 0 fully saturated rings. The number of carbonyl (C=O) groups excluding carboxylic acids is 1. The van der Waals surface area contributed by atoms with Crippen molar-refractivity contribution in [3.63, 3.8) is 0 Å². The summed E-state index contributed by atoms with van der Waals surface area (Å²) in [7, 11) is 0. The topological polar surface area (TPSA) is 70.9 Å². The Morgan fingerprint density at radius 2 is 1.95 bits per heavy atom. The number of phenols is 1. The van der Waals surface area contributed by atoms with Crippen molar-refractivity contribution < 1.29 is 14.6 Å². The van der Waals surface area contributed by atoms with E-state index in [-0.39, 0.29) is 11.7 Å². The molecule has 22 heavy (non-hydrogen) atoms. The minimum Gasteiger partial charge on any atom is -0.507 e. The number of hydrogen-bond acceptors (Lipinski definition) is 4. The quantitative estimate of drug-likeness (QED) is 0.634. The molecule has 6 heteroatoms. The summed E-state index contributed by atoms with van der Waals surface area (Å²) in [5, 5.41) is 13.4. The van der Waals surface area contributed by atoms with Crippen molar-refractivity contribution in [2.24, 2.45) is 5.10 Å². The van der Waals surface area contributed by atoms with Gasteiger partial charge in [0.1, 0.15) is 11.5 Å². The van der Waals surface area contributed by atoms with Crippen LogP contribution in [-0.2, 0) is 4.79 Å². The number of phenolic OH excluding ortho intramolecular Hbond substituents is 1. The Morgan fingerprint density at radius 3 is 2.64 bits per heavy atom. The number of nitrogens with one attached hydrogen (secondary N) is 1. The predicted molar refractivity (Wildman–Crippen MR) is 88.1 cm³/mol. The van der Waals surface area contributed by atoms with Crippen molar-refractivity contribution in [2.75, 3.05) is 0 Å². The van der Waals surface area contributed by atoms with Crippen molar-refractivity contribution in [1.29, 1.82) is 0 Å². The minimum atomic E-state index is -0.692. The van der Waals surface area contributed by atoms with E-state index in [2.05, 4.69) is 26.5 Å². The molecule has 1 unspecified atom stereocenters. The maximum absolute atomic E-state index is 11.9. The van der Waals surface area contributed by atoms with Gasteiger partial charge in [-0.25, -0.2) is 5.43 Å². The summed E-state index contributed by atoms with van der Waals surface area (Å²) in [6.07, 6.45) is 0.683. The average Bonchev–Trinajstić information content (AvgIpc) is 2.51. The molecule has 0 heterocycles. The maximum Gasteiger partial charge on any atom is 0.280 e. The van der Waals surface area contributed by atoms with Gasteiger partial charge in [0.25, 0.3) is 5.91 Å². The second kappa shape index (κ2) is 7.61. The summed E-state index contributed by atoms with van der Waals surface area (Å²) in [4.78, 5) is 11.9. The third-order valence-corrected chi connectivity index (χ3v) is 3.34. The lowest BCUT2D eigenvalue weighted by Gasteiger charge is -2.12. The van der Waals surface area contributed by atoms with Crippen molar-refractivity contribution in [2.45, 2.75) is 13.0 Å². The van der Waals surface area contributed by atoms with Crippen molar-refractivity contribution >= 4 is 28.1 Å². The van der Waals surface area contributed by atoms with Crippen molar-refractivity contribution in [1.82, 2.24) is 5.43 Å². The van der Waals surface area contributed by atoms with Gasteiger partial charge in [0, 0.05) is 10.0 Å². The van der Waals surface area contributed by atoms with E-state index in [9.17, 15) is 9.90 Å². The highest BCUT2D eigenvalue weighted by atomic mass is 79.9. The molecule has 114 valence electrons. The van der Waals surface area contributed by atoms with Crippen LogP contribution in [0.2, 0.25) is 0 Å². The smallest absolute Gasteiger partial charge is 0.280 e. The van der Waals surface area contributed by atoms with Gasteiger partial charge in [-0.15, -0.1) is 0 Å². The molecule has 2 N–H and O–H groups in total. The molecule has 1 amide bonds. The molecule has 0 aliphatic heterocycles. The number of benzene rings is 2. The largest absolute Gasteiger partial charge is 0.507 e. The number of hydrogen-bond donors (Lipinski definition) is 2. The van der Waals surface area contributed by atoms with E-state index in [4.69, 9.17) is 4.74 Å². The van der Waals surface area contributed by atoms with Crippen LogP contribution in [0.15, 0.2) is 58.1 Å². The highest BCUT2D eigenvalue weighted by molar-refractivity contribution is 9.10. The summed E-state index contributed by atoms with van der Waals surface area (Å²) in [6.45, 7) is 1.63. The van der Waals surface area contributed by atoms with E-state index in [1.54, 1.807) is 43.3 Å². The summed E-state index contributed by atoms with van der Waals surface area (Å²) in [5.41, 5.74) is 2.89. The van der Waals surface area contributed by atoms with E-state index >= 15 is 0 Å². The number of amides is 1. The molecule has 0 aromatic heterocycles. The van der Waals surface area contributed by atoms with Gasteiger partial charge in [0.2, 0.25) is 0 Å². The highest BCUT2D eigenvalue weighted by Crippen LogP contribution is 2.17. The van der Waals surface area contributed by atoms with Gasteiger partial charge in [-0.1, -0.05) is 28.1 Å². The summed E-state index contributed by atoms with van der Waals surface area (Å²) in [6, 6.07) is 13.9. The molecular weight excluding hydrogens is 348 g/mol. The van der Waals surface area contributed by atoms with Gasteiger partial charge >= 0.3 is 0 Å². The Kier molecular flexibility index (Phi) is 5.55. The normalized spacial score (nSPS) is 12.1. The number of hydrazone groups is 1. The maximum atomic E-state index is 11.9. The fourth-order valence-electron chi connectivity index (χ4n) is 1.62. The predicted octanol–water partition coefficient (Wildman–Crippen LogP) is 3.07. The lowest BCUT2D eigenvalue weighted by molar-refractivity contribution is -0.127. The van der Waals surface area contributed by atoms with Crippen LogP contribution in [0, 0.1) is 0 Å². The molecule has 5 nitrogen and oxygen atoms in total. The van der Waals surface area contributed by atoms with Gasteiger partial charge in [0.15, 0.2) is 6.10 Å². The molecule has 0 spiro atoms. The van der Waals surface area contributed by atoms with Gasteiger partial charge < -0.3 is 9.84 Å². The molecule has 2 aromatic carbocycles. The van der Waals surface area contributed by atoms with Gasteiger partial charge in [-0.2, -0.15) is 5.10 Å². The second-order valence-electron chi connectivity index (χ2n) is 4.51. The van der Waals surface area contributed by atoms with E-state index in [0.29, 0.717) is 11.3 Å². The van der Waals surface area contributed by atoms with Crippen LogP contribution >= 0.6 is 15.9 Å².